The molecule has 124 valence electrons. The van der Waals surface area contributed by atoms with Crippen molar-refractivity contribution >= 4 is 5.69 Å². The number of nitroso groups, excluding NO2 is 1. The van der Waals surface area contributed by atoms with E-state index in [0.29, 0.717) is 5.56 Å². The fourth-order valence-corrected chi connectivity index (χ4v) is 3.40. The lowest BCUT2D eigenvalue weighted by molar-refractivity contribution is 0.384. The predicted octanol–water partition coefficient (Wildman–Crippen LogP) is 4.84. The molecule has 23 heavy (non-hydrogen) atoms. The van der Waals surface area contributed by atoms with Crippen molar-refractivity contribution in [1.29, 1.82) is 0 Å². The van der Waals surface area contributed by atoms with Crippen molar-refractivity contribution in [3.63, 3.8) is 0 Å². The van der Waals surface area contributed by atoms with E-state index in [-0.39, 0.29) is 17.4 Å². The Morgan fingerprint density at radius 1 is 1.52 bits per heavy atom. The summed E-state index contributed by atoms with van der Waals surface area (Å²) in [5.41, 5.74) is 9.71. The maximum Gasteiger partial charge on any atom is 0.122 e. The van der Waals surface area contributed by atoms with Crippen LogP contribution in [0.5, 0.6) is 5.75 Å². The number of phenolic OH excluding ortho intramolecular Hbond substituents is 1. The molecule has 1 aromatic rings. The lowest BCUT2D eigenvalue weighted by atomic mass is 9.68. The summed E-state index contributed by atoms with van der Waals surface area (Å²) in [5.74, 6) is -0.199. The first-order valence-corrected chi connectivity index (χ1v) is 8.14. The summed E-state index contributed by atoms with van der Waals surface area (Å²) in [6, 6.07) is 3.49. The van der Waals surface area contributed by atoms with Crippen molar-refractivity contribution in [3.05, 3.63) is 52.0 Å². The molecule has 1 aromatic carbocycles. The van der Waals surface area contributed by atoms with E-state index in [1.807, 2.05) is 19.9 Å². The zero-order valence-corrected chi connectivity index (χ0v) is 14.2. The molecule has 1 aliphatic rings. The van der Waals surface area contributed by atoms with E-state index < -0.39 is 5.54 Å². The molecule has 2 rings (SSSR count). The van der Waals surface area contributed by atoms with Crippen molar-refractivity contribution < 1.29 is 5.11 Å². The van der Waals surface area contributed by atoms with Gasteiger partial charge in [0.15, 0.2) is 0 Å². The highest BCUT2D eigenvalue weighted by Gasteiger charge is 2.40. The predicted molar refractivity (Wildman–Crippen MR) is 95.0 cm³/mol. The van der Waals surface area contributed by atoms with Gasteiger partial charge in [-0.05, 0) is 56.0 Å². The van der Waals surface area contributed by atoms with Crippen LogP contribution in [0.2, 0.25) is 0 Å². The van der Waals surface area contributed by atoms with Crippen LogP contribution in [0.1, 0.15) is 57.1 Å². The second-order valence-corrected chi connectivity index (χ2v) is 6.70. The molecule has 0 heterocycles. The fraction of sp³-hybridized carbons (Fsp3) is 0.474. The van der Waals surface area contributed by atoms with Crippen LogP contribution in [0.25, 0.3) is 0 Å². The molecule has 4 heteroatoms. The maximum atomic E-state index is 11.4. The van der Waals surface area contributed by atoms with Crippen LogP contribution < -0.4 is 5.73 Å². The number of hydrogen-bond acceptors (Lipinski definition) is 4. The molecule has 0 spiro atoms. The highest BCUT2D eigenvalue weighted by atomic mass is 16.3. The Kier molecular flexibility index (Phi) is 5.05. The van der Waals surface area contributed by atoms with Gasteiger partial charge in [-0.15, -0.1) is 4.91 Å². The third kappa shape index (κ3) is 3.22. The van der Waals surface area contributed by atoms with Crippen LogP contribution >= 0.6 is 0 Å². The van der Waals surface area contributed by atoms with Crippen molar-refractivity contribution in [2.75, 3.05) is 0 Å². The van der Waals surface area contributed by atoms with Gasteiger partial charge in [-0.25, -0.2) is 0 Å². The minimum atomic E-state index is -0.678. The maximum absolute atomic E-state index is 11.4. The molecule has 0 aliphatic heterocycles. The van der Waals surface area contributed by atoms with Gasteiger partial charge in [0.05, 0.1) is 0 Å². The molecule has 1 aliphatic carbocycles. The number of phenols is 1. The zero-order chi connectivity index (χ0) is 17.2. The van der Waals surface area contributed by atoms with Gasteiger partial charge in [-0.1, -0.05) is 37.1 Å². The summed E-state index contributed by atoms with van der Waals surface area (Å²) >= 11 is 0. The number of benzene rings is 1. The van der Waals surface area contributed by atoms with Crippen molar-refractivity contribution in [2.45, 2.75) is 57.9 Å². The number of nitrogens with two attached hydrogens (primary N) is 1. The average Bonchev–Trinajstić information content (AvgIpc) is 2.49. The quantitative estimate of drug-likeness (QED) is 0.603. The van der Waals surface area contributed by atoms with Gasteiger partial charge in [-0.2, -0.15) is 0 Å². The molecule has 0 fully saturated rings. The Balaban J connectivity index is 2.64. The van der Waals surface area contributed by atoms with Crippen LogP contribution in [-0.2, 0) is 6.42 Å². The Hall–Kier alpha value is -1.94. The van der Waals surface area contributed by atoms with Gasteiger partial charge in [-0.3, -0.25) is 0 Å². The monoisotopic (exact) mass is 314 g/mol. The van der Waals surface area contributed by atoms with Crippen LogP contribution in [0, 0.1) is 4.91 Å². The molecular formula is C19H26N2O2. The van der Waals surface area contributed by atoms with Crippen LogP contribution in [0.4, 0.5) is 5.69 Å². The number of rotatable bonds is 5. The molecular weight excluding hydrogens is 288 g/mol. The fourth-order valence-electron chi connectivity index (χ4n) is 3.40. The third-order valence-electron chi connectivity index (χ3n) is 4.88. The largest absolute Gasteiger partial charge is 0.508 e. The van der Waals surface area contributed by atoms with Gasteiger partial charge in [0.25, 0.3) is 0 Å². The highest BCUT2D eigenvalue weighted by molar-refractivity contribution is 5.61. The molecule has 0 saturated heterocycles. The van der Waals surface area contributed by atoms with Gasteiger partial charge in [0, 0.05) is 17.0 Å². The third-order valence-corrected chi connectivity index (χ3v) is 4.88. The number of hydrogen-bond donors (Lipinski definition) is 2. The topological polar surface area (TPSA) is 75.7 Å². The van der Waals surface area contributed by atoms with Crippen LogP contribution in [0.15, 0.2) is 41.1 Å². The Morgan fingerprint density at radius 3 is 2.78 bits per heavy atom. The minimum Gasteiger partial charge on any atom is -0.508 e. The summed E-state index contributed by atoms with van der Waals surface area (Å²) < 4.78 is 0. The standard InChI is InChI=1S/C19H26N2O2/c1-5-6-14-10-16(21-23)18(17(22)11-14)15-9-13(4)7-8-19(15,20)12(2)3/h9-11,15,22H,2,5-8,20H2,1,3-4H3. The number of aromatic hydroxyl groups is 1. The lowest BCUT2D eigenvalue weighted by Gasteiger charge is -2.41. The first-order valence-electron chi connectivity index (χ1n) is 8.14. The molecule has 4 nitrogen and oxygen atoms in total. The smallest absolute Gasteiger partial charge is 0.122 e. The molecule has 0 aromatic heterocycles. The zero-order valence-electron chi connectivity index (χ0n) is 14.2. The van der Waals surface area contributed by atoms with Gasteiger partial charge < -0.3 is 10.8 Å². The minimum absolute atomic E-state index is 0.0950. The first-order chi connectivity index (χ1) is 10.8. The second kappa shape index (κ2) is 6.67. The van der Waals surface area contributed by atoms with E-state index in [9.17, 15) is 10.0 Å². The average molecular weight is 314 g/mol. The molecule has 2 atom stereocenters. The van der Waals surface area contributed by atoms with Crippen molar-refractivity contribution in [2.24, 2.45) is 10.9 Å². The molecule has 2 unspecified atom stereocenters. The van der Waals surface area contributed by atoms with E-state index in [2.05, 4.69) is 18.7 Å². The van der Waals surface area contributed by atoms with E-state index in [1.54, 1.807) is 12.1 Å². The molecule has 3 N–H and O–H groups in total. The molecule has 0 radical (unpaired) electrons. The highest BCUT2D eigenvalue weighted by Crippen LogP contribution is 2.47. The Bertz CT molecular complexity index is 664. The SMILES string of the molecule is C=C(C)C1(N)CCC(C)=CC1c1c(O)cc(CCC)cc1N=O. The van der Waals surface area contributed by atoms with Crippen molar-refractivity contribution in [1.82, 2.24) is 0 Å². The normalized spacial score (nSPS) is 24.2. The van der Waals surface area contributed by atoms with Crippen LogP contribution in [0.3, 0.4) is 0 Å². The lowest BCUT2D eigenvalue weighted by Crippen LogP contribution is -2.47. The summed E-state index contributed by atoms with van der Waals surface area (Å²) in [6.45, 7) is 10.0. The number of allylic oxidation sites excluding steroid dienone is 1. The summed E-state index contributed by atoms with van der Waals surface area (Å²) in [5, 5.41) is 13.7. The molecule has 0 bridgehead atoms. The number of nitrogens with zero attached hydrogens (tertiary/aromatic N) is 1. The van der Waals surface area contributed by atoms with E-state index in [0.717, 1.165) is 36.8 Å². The van der Waals surface area contributed by atoms with E-state index in [1.165, 1.54) is 5.57 Å². The van der Waals surface area contributed by atoms with Crippen LogP contribution in [-0.4, -0.2) is 10.6 Å². The summed E-state index contributed by atoms with van der Waals surface area (Å²) in [6.07, 6.45) is 5.40. The number of aryl methyl sites for hydroxylation is 1. The first kappa shape index (κ1) is 17.4. The summed E-state index contributed by atoms with van der Waals surface area (Å²) in [4.78, 5) is 11.4. The van der Waals surface area contributed by atoms with Gasteiger partial charge >= 0.3 is 0 Å². The van der Waals surface area contributed by atoms with Gasteiger partial charge in [0.2, 0.25) is 0 Å². The van der Waals surface area contributed by atoms with Gasteiger partial charge in [0.1, 0.15) is 11.4 Å². The van der Waals surface area contributed by atoms with E-state index >= 15 is 0 Å². The molecule has 0 amide bonds. The van der Waals surface area contributed by atoms with E-state index in [4.69, 9.17) is 5.73 Å². The Labute approximate surface area is 138 Å². The van der Waals surface area contributed by atoms with Crippen molar-refractivity contribution in [3.8, 4) is 5.75 Å². The molecule has 0 saturated carbocycles. The Morgan fingerprint density at radius 2 is 2.22 bits per heavy atom. The second-order valence-electron chi connectivity index (χ2n) is 6.70. The summed E-state index contributed by atoms with van der Waals surface area (Å²) in [7, 11) is 0.